The fourth-order valence-corrected chi connectivity index (χ4v) is 4.25. The van der Waals surface area contributed by atoms with E-state index in [0.29, 0.717) is 12.1 Å². The van der Waals surface area contributed by atoms with Crippen molar-refractivity contribution in [1.82, 2.24) is 5.48 Å². The lowest BCUT2D eigenvalue weighted by Gasteiger charge is -2.26. The number of hydrogen-bond donors (Lipinski definition) is 3. The molecule has 3 N–H and O–H groups in total. The van der Waals surface area contributed by atoms with Crippen molar-refractivity contribution in [3.63, 3.8) is 0 Å². The average molecular weight is 432 g/mol. The lowest BCUT2D eigenvalue weighted by Crippen LogP contribution is -2.51. The molecule has 2 aromatic carbocycles. The number of carbonyl (C=O) groups is 1. The standard InChI is InChI=1S/C21H24N2O6S/c1-21(20(25)22-26,30(2,27)28)12-18-11-19(23-29-18)16-8-6-15(7-9-16)17-5-3-4-14(10-17)13-24/h3-10,18,24,26H,11-13H2,1-2H3,(H,22,25). The Morgan fingerprint density at radius 2 is 1.87 bits per heavy atom. The van der Waals surface area contributed by atoms with Gasteiger partial charge in [0.2, 0.25) is 0 Å². The minimum atomic E-state index is -3.81. The van der Waals surface area contributed by atoms with Crippen molar-refractivity contribution in [3.05, 3.63) is 59.7 Å². The second-order valence-corrected chi connectivity index (χ2v) is 10.00. The first-order valence-electron chi connectivity index (χ1n) is 9.35. The lowest BCUT2D eigenvalue weighted by atomic mass is 9.95. The van der Waals surface area contributed by atoms with Gasteiger partial charge in [-0.25, -0.2) is 13.9 Å². The van der Waals surface area contributed by atoms with E-state index in [4.69, 9.17) is 10.0 Å². The molecule has 0 saturated carbocycles. The summed E-state index contributed by atoms with van der Waals surface area (Å²) in [5.74, 6) is -1.00. The zero-order valence-electron chi connectivity index (χ0n) is 16.7. The molecule has 3 rings (SSSR count). The molecule has 0 radical (unpaired) electrons. The van der Waals surface area contributed by atoms with Crippen LogP contribution in [0.5, 0.6) is 0 Å². The molecule has 0 saturated heterocycles. The topological polar surface area (TPSA) is 125 Å². The Labute approximate surface area is 175 Å². The number of nitrogens with zero attached hydrogens (tertiary/aromatic N) is 1. The van der Waals surface area contributed by atoms with Crippen LogP contribution in [-0.2, 0) is 26.1 Å². The molecule has 1 aliphatic rings. The van der Waals surface area contributed by atoms with Crippen molar-refractivity contribution in [2.24, 2.45) is 5.16 Å². The maximum absolute atomic E-state index is 12.1. The van der Waals surface area contributed by atoms with Crippen molar-refractivity contribution in [1.29, 1.82) is 0 Å². The van der Waals surface area contributed by atoms with Crippen LogP contribution in [0.4, 0.5) is 0 Å². The maximum Gasteiger partial charge on any atom is 0.264 e. The van der Waals surface area contributed by atoms with Gasteiger partial charge < -0.3 is 9.94 Å². The number of hydrogen-bond acceptors (Lipinski definition) is 7. The number of hydroxylamine groups is 1. The quantitative estimate of drug-likeness (QED) is 0.454. The fourth-order valence-electron chi connectivity index (χ4n) is 3.38. The van der Waals surface area contributed by atoms with Gasteiger partial charge in [0.15, 0.2) is 14.6 Å². The van der Waals surface area contributed by atoms with Crippen molar-refractivity contribution >= 4 is 21.5 Å². The number of aliphatic hydroxyl groups excluding tert-OH is 1. The van der Waals surface area contributed by atoms with E-state index in [1.807, 2.05) is 48.5 Å². The number of carbonyl (C=O) groups excluding carboxylic acids is 1. The van der Waals surface area contributed by atoms with Crippen molar-refractivity contribution < 1.29 is 28.4 Å². The summed E-state index contributed by atoms with van der Waals surface area (Å²) in [6.45, 7) is 1.23. The van der Waals surface area contributed by atoms with E-state index in [9.17, 15) is 18.3 Å². The number of nitrogens with one attached hydrogen (secondary N) is 1. The molecular weight excluding hydrogens is 408 g/mol. The van der Waals surface area contributed by atoms with Gasteiger partial charge >= 0.3 is 0 Å². The van der Waals surface area contributed by atoms with E-state index < -0.39 is 26.6 Å². The Kier molecular flexibility index (Phi) is 6.25. The number of benzene rings is 2. The lowest BCUT2D eigenvalue weighted by molar-refractivity contribution is -0.132. The molecule has 2 unspecified atom stereocenters. The molecule has 30 heavy (non-hydrogen) atoms. The second-order valence-electron chi connectivity index (χ2n) is 7.55. The van der Waals surface area contributed by atoms with Crippen LogP contribution >= 0.6 is 0 Å². The Hall–Kier alpha value is -2.75. The fraction of sp³-hybridized carbons (Fsp3) is 0.333. The summed E-state index contributed by atoms with van der Waals surface area (Å²) in [7, 11) is -3.81. The number of oxime groups is 1. The van der Waals surface area contributed by atoms with Crippen LogP contribution in [-0.4, -0.2) is 47.5 Å². The molecular formula is C21H24N2O6S. The summed E-state index contributed by atoms with van der Waals surface area (Å²) in [6.07, 6.45) is 0.530. The third kappa shape index (κ3) is 4.38. The van der Waals surface area contributed by atoms with E-state index in [1.165, 1.54) is 12.4 Å². The zero-order valence-corrected chi connectivity index (χ0v) is 17.5. The van der Waals surface area contributed by atoms with Gasteiger partial charge in [0.05, 0.1) is 12.3 Å². The normalized spacial score (nSPS) is 18.3. The molecule has 0 aromatic heterocycles. The van der Waals surface area contributed by atoms with E-state index in [1.54, 1.807) is 0 Å². The third-order valence-corrected chi connectivity index (χ3v) is 7.40. The van der Waals surface area contributed by atoms with Crippen LogP contribution < -0.4 is 5.48 Å². The maximum atomic E-state index is 12.1. The van der Waals surface area contributed by atoms with Gasteiger partial charge in [-0.1, -0.05) is 47.6 Å². The Morgan fingerprint density at radius 3 is 2.47 bits per heavy atom. The predicted octanol–water partition coefficient (Wildman–Crippen LogP) is 2.04. The molecule has 0 bridgehead atoms. The summed E-state index contributed by atoms with van der Waals surface area (Å²) in [6, 6.07) is 15.3. The number of amides is 1. The summed E-state index contributed by atoms with van der Waals surface area (Å²) < 4.78 is 22.4. The minimum absolute atomic E-state index is 0.0256. The summed E-state index contributed by atoms with van der Waals surface area (Å²) >= 11 is 0. The molecule has 0 fully saturated rings. The van der Waals surface area contributed by atoms with Crippen LogP contribution in [0, 0.1) is 0 Å². The van der Waals surface area contributed by atoms with Gasteiger partial charge in [0.25, 0.3) is 5.91 Å². The molecule has 8 nitrogen and oxygen atoms in total. The van der Waals surface area contributed by atoms with Gasteiger partial charge in [-0.05, 0) is 35.2 Å². The summed E-state index contributed by atoms with van der Waals surface area (Å²) in [4.78, 5) is 17.4. The Morgan fingerprint density at radius 1 is 1.20 bits per heavy atom. The van der Waals surface area contributed by atoms with Crippen LogP contribution in [0.2, 0.25) is 0 Å². The molecule has 1 aliphatic heterocycles. The Balaban J connectivity index is 1.73. The first-order chi connectivity index (χ1) is 14.2. The van der Waals surface area contributed by atoms with Crippen LogP contribution in [0.15, 0.2) is 53.7 Å². The third-order valence-electron chi connectivity index (χ3n) is 5.41. The highest BCUT2D eigenvalue weighted by molar-refractivity contribution is 7.92. The number of aliphatic hydroxyl groups is 1. The first kappa shape index (κ1) is 21.9. The van der Waals surface area contributed by atoms with Gasteiger partial charge in [-0.3, -0.25) is 10.0 Å². The van der Waals surface area contributed by atoms with E-state index in [-0.39, 0.29) is 13.0 Å². The predicted molar refractivity (Wildman–Crippen MR) is 112 cm³/mol. The van der Waals surface area contributed by atoms with Gasteiger partial charge in [-0.15, -0.1) is 0 Å². The number of rotatable bonds is 7. The first-order valence-corrected chi connectivity index (χ1v) is 11.2. The minimum Gasteiger partial charge on any atom is -0.392 e. The molecule has 1 heterocycles. The smallest absolute Gasteiger partial charge is 0.264 e. The van der Waals surface area contributed by atoms with Crippen molar-refractivity contribution in [3.8, 4) is 11.1 Å². The van der Waals surface area contributed by atoms with E-state index in [2.05, 4.69) is 5.16 Å². The highest BCUT2D eigenvalue weighted by Gasteiger charge is 2.47. The largest absolute Gasteiger partial charge is 0.392 e. The monoisotopic (exact) mass is 432 g/mol. The highest BCUT2D eigenvalue weighted by atomic mass is 32.2. The van der Waals surface area contributed by atoms with Crippen LogP contribution in [0.25, 0.3) is 11.1 Å². The van der Waals surface area contributed by atoms with E-state index in [0.717, 1.165) is 28.5 Å². The average Bonchev–Trinajstić information content (AvgIpc) is 3.20. The SMILES string of the molecule is CC(CC1CC(c2ccc(-c3cccc(CO)c3)cc2)=NO1)(C(=O)NO)S(C)(=O)=O. The molecule has 160 valence electrons. The molecule has 0 aliphatic carbocycles. The summed E-state index contributed by atoms with van der Waals surface area (Å²) in [5, 5.41) is 22.3. The van der Waals surface area contributed by atoms with Crippen LogP contribution in [0.1, 0.15) is 30.9 Å². The molecule has 0 spiro atoms. The molecule has 2 aromatic rings. The molecule has 9 heteroatoms. The molecule has 2 atom stereocenters. The van der Waals surface area contributed by atoms with Gasteiger partial charge in [0.1, 0.15) is 6.10 Å². The van der Waals surface area contributed by atoms with Crippen molar-refractivity contribution in [2.75, 3.05) is 6.26 Å². The van der Waals surface area contributed by atoms with Crippen LogP contribution in [0.3, 0.4) is 0 Å². The van der Waals surface area contributed by atoms with Gasteiger partial charge in [-0.2, -0.15) is 0 Å². The highest BCUT2D eigenvalue weighted by Crippen LogP contribution is 2.30. The summed E-state index contributed by atoms with van der Waals surface area (Å²) in [5.41, 5.74) is 5.70. The van der Waals surface area contributed by atoms with Gasteiger partial charge in [0, 0.05) is 19.1 Å². The number of sulfone groups is 1. The zero-order chi connectivity index (χ0) is 21.9. The Bertz CT molecular complexity index is 1070. The van der Waals surface area contributed by atoms with Crippen molar-refractivity contribution in [2.45, 2.75) is 37.2 Å². The molecule has 1 amide bonds. The van der Waals surface area contributed by atoms with E-state index >= 15 is 0 Å². The second kappa shape index (κ2) is 8.55.